The summed E-state index contributed by atoms with van der Waals surface area (Å²) < 4.78 is 6.31. The summed E-state index contributed by atoms with van der Waals surface area (Å²) in [6.07, 6.45) is 1.11. The molecule has 6 heteroatoms. The molecule has 1 spiro atoms. The van der Waals surface area contributed by atoms with Crippen LogP contribution < -0.4 is 4.74 Å². The average Bonchev–Trinajstić information content (AvgIpc) is 2.65. The minimum absolute atomic E-state index is 0.345. The Kier molecular flexibility index (Phi) is 5.36. The highest BCUT2D eigenvalue weighted by Crippen LogP contribution is 2.45. The number of piperidine rings is 1. The molecule has 1 fully saturated rings. The van der Waals surface area contributed by atoms with Crippen molar-refractivity contribution in [1.82, 2.24) is 4.90 Å². The number of β-amino-alcohol motifs (C(OH)–C–C–N with tert-alkyl or cyclic N) is 1. The van der Waals surface area contributed by atoms with Gasteiger partial charge in [0, 0.05) is 41.7 Å². The minimum atomic E-state index is -0.557. The van der Waals surface area contributed by atoms with E-state index in [0.717, 1.165) is 42.8 Å². The molecule has 4 rings (SSSR count). The first-order valence-corrected chi connectivity index (χ1v) is 10.0. The van der Waals surface area contributed by atoms with Crippen LogP contribution in [0.5, 0.6) is 5.75 Å². The molecule has 0 amide bonds. The zero-order chi connectivity index (χ0) is 19.0. The molecule has 2 aromatic rings. The largest absolute Gasteiger partial charge is 0.487 e. The molecular weight excluding hydrogens is 385 g/mol. The van der Waals surface area contributed by atoms with Crippen LogP contribution >= 0.6 is 23.2 Å². The summed E-state index contributed by atoms with van der Waals surface area (Å²) in [7, 11) is 0. The van der Waals surface area contributed by atoms with Gasteiger partial charge in [0.15, 0.2) is 0 Å². The molecule has 0 unspecified atom stereocenters. The van der Waals surface area contributed by atoms with Crippen molar-refractivity contribution >= 4 is 23.2 Å². The highest BCUT2D eigenvalue weighted by Gasteiger charge is 2.43. The molecule has 27 heavy (non-hydrogen) atoms. The molecule has 2 aliphatic rings. The van der Waals surface area contributed by atoms with Crippen LogP contribution in [-0.4, -0.2) is 40.3 Å². The van der Waals surface area contributed by atoms with Gasteiger partial charge in [-0.25, -0.2) is 0 Å². The van der Waals surface area contributed by atoms with Crippen LogP contribution in [0.2, 0.25) is 10.0 Å². The molecule has 0 aliphatic carbocycles. The van der Waals surface area contributed by atoms with Gasteiger partial charge < -0.3 is 19.8 Å². The van der Waals surface area contributed by atoms with Gasteiger partial charge in [-0.2, -0.15) is 0 Å². The lowest BCUT2D eigenvalue weighted by Gasteiger charge is -2.46. The van der Waals surface area contributed by atoms with Gasteiger partial charge in [-0.05, 0) is 48.7 Å². The van der Waals surface area contributed by atoms with Crippen molar-refractivity contribution in [3.8, 4) is 5.75 Å². The van der Waals surface area contributed by atoms with Crippen LogP contribution in [0, 0.1) is 0 Å². The van der Waals surface area contributed by atoms with E-state index in [0.29, 0.717) is 23.0 Å². The summed E-state index contributed by atoms with van der Waals surface area (Å²) in [5, 5.41) is 22.4. The fourth-order valence-corrected chi connectivity index (χ4v) is 4.40. The molecule has 2 heterocycles. The highest BCUT2D eigenvalue weighted by atomic mass is 35.5. The van der Waals surface area contributed by atoms with Crippen LogP contribution in [0.25, 0.3) is 0 Å². The number of hydrogen-bond acceptors (Lipinski definition) is 4. The zero-order valence-corrected chi connectivity index (χ0v) is 16.5. The molecular formula is C21H23Cl2NO3. The number of rotatable bonds is 3. The SMILES string of the molecule is O[C@H](CN1CCC2(CC1)C[C@H](O)c1cc(Cl)ccc1O2)c1ccc(Cl)cc1. The predicted molar refractivity (Wildman–Crippen MR) is 106 cm³/mol. The second-order valence-corrected chi connectivity index (χ2v) is 8.43. The van der Waals surface area contributed by atoms with E-state index in [-0.39, 0.29) is 5.60 Å². The normalized spacial score (nSPS) is 22.9. The van der Waals surface area contributed by atoms with E-state index in [9.17, 15) is 10.2 Å². The number of nitrogens with zero attached hydrogens (tertiary/aromatic N) is 1. The molecule has 2 N–H and O–H groups in total. The van der Waals surface area contributed by atoms with Crippen molar-refractivity contribution in [3.05, 3.63) is 63.6 Å². The van der Waals surface area contributed by atoms with Gasteiger partial charge in [0.25, 0.3) is 0 Å². The van der Waals surface area contributed by atoms with Gasteiger partial charge in [-0.3, -0.25) is 0 Å². The molecule has 2 aliphatic heterocycles. The van der Waals surface area contributed by atoms with Crippen LogP contribution in [-0.2, 0) is 0 Å². The minimum Gasteiger partial charge on any atom is -0.487 e. The molecule has 1 saturated heterocycles. The van der Waals surface area contributed by atoms with Crippen LogP contribution in [0.15, 0.2) is 42.5 Å². The van der Waals surface area contributed by atoms with E-state index in [1.165, 1.54) is 0 Å². The van der Waals surface area contributed by atoms with Crippen LogP contribution in [0.3, 0.4) is 0 Å². The third-order valence-corrected chi connectivity index (χ3v) is 6.16. The van der Waals surface area contributed by atoms with Gasteiger partial charge in [-0.1, -0.05) is 35.3 Å². The van der Waals surface area contributed by atoms with Crippen molar-refractivity contribution < 1.29 is 14.9 Å². The first-order chi connectivity index (χ1) is 12.9. The Balaban J connectivity index is 1.39. The molecule has 2 atom stereocenters. The van der Waals surface area contributed by atoms with E-state index in [2.05, 4.69) is 4.90 Å². The molecule has 0 aromatic heterocycles. The molecule has 0 bridgehead atoms. The maximum absolute atomic E-state index is 10.6. The zero-order valence-electron chi connectivity index (χ0n) is 14.9. The Morgan fingerprint density at radius 1 is 1.07 bits per heavy atom. The standard InChI is InChI=1S/C21H23Cl2NO3/c22-15-3-1-14(2-4-15)19(26)13-24-9-7-21(8-10-24)12-18(25)17-11-16(23)5-6-20(17)27-21/h1-6,11,18-19,25-26H,7-10,12-13H2/t18-,19+/m0/s1. The topological polar surface area (TPSA) is 52.9 Å². The lowest BCUT2D eigenvalue weighted by Crippen LogP contribution is -2.51. The molecule has 4 nitrogen and oxygen atoms in total. The lowest BCUT2D eigenvalue weighted by molar-refractivity contribution is -0.0587. The van der Waals surface area contributed by atoms with E-state index < -0.39 is 12.2 Å². The van der Waals surface area contributed by atoms with Crippen LogP contribution in [0.1, 0.15) is 42.6 Å². The lowest BCUT2D eigenvalue weighted by atomic mass is 9.81. The Hall–Kier alpha value is -1.30. The third-order valence-electron chi connectivity index (χ3n) is 5.68. The summed E-state index contributed by atoms with van der Waals surface area (Å²) >= 11 is 12.0. The summed E-state index contributed by atoms with van der Waals surface area (Å²) in [6.45, 7) is 2.22. The number of aliphatic hydroxyl groups excluding tert-OH is 2. The smallest absolute Gasteiger partial charge is 0.126 e. The average molecular weight is 408 g/mol. The van der Waals surface area contributed by atoms with E-state index in [1.807, 2.05) is 18.2 Å². The number of hydrogen-bond donors (Lipinski definition) is 2. The van der Waals surface area contributed by atoms with E-state index in [1.54, 1.807) is 24.3 Å². The Bertz CT molecular complexity index is 804. The Labute approximate surface area is 169 Å². The third kappa shape index (κ3) is 4.10. The Morgan fingerprint density at radius 2 is 1.74 bits per heavy atom. The fraction of sp³-hybridized carbons (Fsp3) is 0.429. The number of ether oxygens (including phenoxy) is 1. The number of halogens is 2. The van der Waals surface area contributed by atoms with Gasteiger partial charge in [0.05, 0.1) is 12.2 Å². The highest BCUT2D eigenvalue weighted by molar-refractivity contribution is 6.30. The van der Waals surface area contributed by atoms with Gasteiger partial charge in [0.2, 0.25) is 0 Å². The summed E-state index contributed by atoms with van der Waals surface area (Å²) in [5.74, 6) is 0.729. The van der Waals surface area contributed by atoms with E-state index >= 15 is 0 Å². The van der Waals surface area contributed by atoms with Gasteiger partial charge >= 0.3 is 0 Å². The first kappa shape index (κ1) is 19.0. The monoisotopic (exact) mass is 407 g/mol. The summed E-state index contributed by atoms with van der Waals surface area (Å²) in [4.78, 5) is 2.25. The van der Waals surface area contributed by atoms with Crippen LogP contribution in [0.4, 0.5) is 0 Å². The molecule has 2 aromatic carbocycles. The second kappa shape index (κ2) is 7.61. The van der Waals surface area contributed by atoms with Gasteiger partial charge in [-0.15, -0.1) is 0 Å². The maximum atomic E-state index is 10.6. The fourth-order valence-electron chi connectivity index (χ4n) is 4.09. The van der Waals surface area contributed by atoms with E-state index in [4.69, 9.17) is 27.9 Å². The molecule has 144 valence electrons. The first-order valence-electron chi connectivity index (χ1n) is 9.27. The van der Waals surface area contributed by atoms with Crippen molar-refractivity contribution in [2.45, 2.75) is 37.1 Å². The number of benzene rings is 2. The Morgan fingerprint density at radius 3 is 2.44 bits per heavy atom. The maximum Gasteiger partial charge on any atom is 0.126 e. The van der Waals surface area contributed by atoms with Crippen molar-refractivity contribution in [3.63, 3.8) is 0 Å². The quantitative estimate of drug-likeness (QED) is 0.792. The second-order valence-electron chi connectivity index (χ2n) is 7.56. The van der Waals surface area contributed by atoms with Crippen molar-refractivity contribution in [2.75, 3.05) is 19.6 Å². The van der Waals surface area contributed by atoms with Crippen molar-refractivity contribution in [2.24, 2.45) is 0 Å². The number of aliphatic hydroxyl groups is 2. The molecule has 0 radical (unpaired) electrons. The number of fused-ring (bicyclic) bond motifs is 1. The predicted octanol–water partition coefficient (Wildman–Crippen LogP) is 4.38. The number of likely N-dealkylation sites (tertiary alicyclic amines) is 1. The van der Waals surface area contributed by atoms with Gasteiger partial charge in [0.1, 0.15) is 11.4 Å². The molecule has 0 saturated carbocycles. The van der Waals surface area contributed by atoms with Crippen molar-refractivity contribution in [1.29, 1.82) is 0 Å². The summed E-state index contributed by atoms with van der Waals surface area (Å²) in [5.41, 5.74) is 1.30. The summed E-state index contributed by atoms with van der Waals surface area (Å²) in [6, 6.07) is 12.7.